The second-order valence-corrected chi connectivity index (χ2v) is 7.76. The number of likely N-dealkylation sites (tertiary alicyclic amines) is 1. The van der Waals surface area contributed by atoms with Crippen LogP contribution in [0.25, 0.3) is 0 Å². The lowest BCUT2D eigenvalue weighted by Gasteiger charge is -2.38. The van der Waals surface area contributed by atoms with Crippen molar-refractivity contribution in [1.82, 2.24) is 10.2 Å². The molecule has 0 radical (unpaired) electrons. The Morgan fingerprint density at radius 3 is 2.50 bits per heavy atom. The largest absolute Gasteiger partial charge is 0.364 e. The van der Waals surface area contributed by atoms with Crippen LogP contribution < -0.4 is 5.32 Å². The Morgan fingerprint density at radius 1 is 1.05 bits per heavy atom. The molecule has 1 saturated carbocycles. The highest BCUT2D eigenvalue weighted by molar-refractivity contribution is 8.13. The zero-order valence-corrected chi connectivity index (χ0v) is 13.5. The lowest BCUT2D eigenvalue weighted by atomic mass is 9.75. The topological polar surface area (TPSA) is 27.6 Å². The molecule has 3 aliphatic rings. The number of rotatable bonds is 3. The predicted molar refractivity (Wildman–Crippen MR) is 88.6 cm³/mol. The number of thioether (sulfide) groups is 1. The normalized spacial score (nSPS) is 27.3. The van der Waals surface area contributed by atoms with Crippen LogP contribution in [0.4, 0.5) is 0 Å². The van der Waals surface area contributed by atoms with Crippen LogP contribution in [0.5, 0.6) is 0 Å². The lowest BCUT2D eigenvalue weighted by molar-refractivity contribution is 0.229. The zero-order valence-electron chi connectivity index (χ0n) is 12.7. The maximum Gasteiger partial charge on any atom is 0.156 e. The molecular formula is C16H29N3S. The van der Waals surface area contributed by atoms with E-state index in [1.807, 2.05) is 11.8 Å². The van der Waals surface area contributed by atoms with Crippen molar-refractivity contribution in [1.29, 1.82) is 0 Å². The summed E-state index contributed by atoms with van der Waals surface area (Å²) in [5.41, 5.74) is 0.557. The SMILES string of the molecule is C1CCN(CCNC2=NCC3(CCCCC3)CS2)CC1. The predicted octanol–water partition coefficient (Wildman–Crippen LogP) is 3.12. The Kier molecular flexibility index (Phi) is 5.27. The third-order valence-electron chi connectivity index (χ3n) is 5.14. The standard InChI is InChI=1S/C16H29N3S/c1-3-7-16(8-4-1)13-18-15(20-14-16)17-9-12-19-10-5-2-6-11-19/h1-14H2,(H,17,18). The first-order valence-corrected chi connectivity index (χ1v) is 9.48. The molecular weight excluding hydrogens is 266 g/mol. The molecule has 0 unspecified atom stereocenters. The fraction of sp³-hybridized carbons (Fsp3) is 0.938. The van der Waals surface area contributed by atoms with Crippen LogP contribution in [0.2, 0.25) is 0 Å². The number of amidine groups is 1. The maximum absolute atomic E-state index is 4.84. The Hall–Kier alpha value is -0.220. The van der Waals surface area contributed by atoms with E-state index in [9.17, 15) is 0 Å². The fourth-order valence-electron chi connectivity index (χ4n) is 3.77. The van der Waals surface area contributed by atoms with Crippen molar-refractivity contribution in [3.63, 3.8) is 0 Å². The highest BCUT2D eigenvalue weighted by atomic mass is 32.2. The van der Waals surface area contributed by atoms with Crippen molar-refractivity contribution in [2.45, 2.75) is 51.4 Å². The highest BCUT2D eigenvalue weighted by Gasteiger charge is 2.34. The molecule has 3 rings (SSSR count). The monoisotopic (exact) mass is 295 g/mol. The lowest BCUT2D eigenvalue weighted by Crippen LogP contribution is -2.40. The number of hydrogen-bond acceptors (Lipinski definition) is 4. The van der Waals surface area contributed by atoms with Gasteiger partial charge < -0.3 is 10.2 Å². The molecule has 20 heavy (non-hydrogen) atoms. The summed E-state index contributed by atoms with van der Waals surface area (Å²) in [6.07, 6.45) is 11.3. The van der Waals surface area contributed by atoms with Gasteiger partial charge in [0.2, 0.25) is 0 Å². The first kappa shape index (κ1) is 14.7. The summed E-state index contributed by atoms with van der Waals surface area (Å²) in [5.74, 6) is 1.29. The third-order valence-corrected chi connectivity index (χ3v) is 6.44. The van der Waals surface area contributed by atoms with E-state index in [-0.39, 0.29) is 0 Å². The number of aliphatic imine (C=N–C) groups is 1. The average molecular weight is 295 g/mol. The van der Waals surface area contributed by atoms with Crippen molar-refractivity contribution in [3.8, 4) is 0 Å². The third kappa shape index (κ3) is 3.91. The summed E-state index contributed by atoms with van der Waals surface area (Å²) in [6.45, 7) is 5.92. The van der Waals surface area contributed by atoms with Crippen LogP contribution in [0.1, 0.15) is 51.4 Å². The molecule has 2 fully saturated rings. The van der Waals surface area contributed by atoms with Gasteiger partial charge in [0.1, 0.15) is 0 Å². The van der Waals surface area contributed by atoms with Crippen LogP contribution >= 0.6 is 11.8 Å². The molecule has 0 aromatic rings. The Morgan fingerprint density at radius 2 is 1.80 bits per heavy atom. The first-order chi connectivity index (χ1) is 9.86. The second kappa shape index (κ2) is 7.17. The molecule has 2 aliphatic heterocycles. The van der Waals surface area contributed by atoms with Gasteiger partial charge >= 0.3 is 0 Å². The van der Waals surface area contributed by atoms with Crippen LogP contribution in [0.3, 0.4) is 0 Å². The molecule has 0 atom stereocenters. The van der Waals surface area contributed by atoms with Gasteiger partial charge in [0.05, 0.1) is 0 Å². The van der Waals surface area contributed by atoms with Gasteiger partial charge in [-0.25, -0.2) is 0 Å². The van der Waals surface area contributed by atoms with E-state index in [2.05, 4.69) is 10.2 Å². The van der Waals surface area contributed by atoms with Gasteiger partial charge in [-0.1, -0.05) is 37.4 Å². The molecule has 1 saturated heterocycles. The van der Waals surface area contributed by atoms with Crippen LogP contribution in [-0.2, 0) is 0 Å². The molecule has 1 aliphatic carbocycles. The molecule has 0 aromatic carbocycles. The summed E-state index contributed by atoms with van der Waals surface area (Å²) in [4.78, 5) is 7.43. The van der Waals surface area contributed by atoms with Crippen molar-refractivity contribution < 1.29 is 0 Å². The number of piperidine rings is 1. The minimum atomic E-state index is 0.557. The average Bonchev–Trinajstić information content (AvgIpc) is 2.52. The maximum atomic E-state index is 4.84. The fourth-order valence-corrected chi connectivity index (χ4v) is 4.95. The van der Waals surface area contributed by atoms with Crippen LogP contribution in [-0.4, -0.2) is 48.5 Å². The summed E-state index contributed by atoms with van der Waals surface area (Å²) < 4.78 is 0. The van der Waals surface area contributed by atoms with Gasteiger partial charge in [-0.3, -0.25) is 4.99 Å². The molecule has 114 valence electrons. The van der Waals surface area contributed by atoms with E-state index in [1.165, 1.54) is 81.9 Å². The highest BCUT2D eigenvalue weighted by Crippen LogP contribution is 2.41. The second-order valence-electron chi connectivity index (χ2n) is 6.80. The quantitative estimate of drug-likeness (QED) is 0.867. The van der Waals surface area contributed by atoms with Gasteiger partial charge in [-0.15, -0.1) is 0 Å². The van der Waals surface area contributed by atoms with Gasteiger partial charge in [-0.05, 0) is 44.2 Å². The molecule has 3 nitrogen and oxygen atoms in total. The Bertz CT molecular complexity index is 331. The Labute approximate surface area is 128 Å². The molecule has 2 heterocycles. The van der Waals surface area contributed by atoms with E-state index < -0.39 is 0 Å². The zero-order chi connectivity index (χ0) is 13.7. The smallest absolute Gasteiger partial charge is 0.156 e. The molecule has 1 N–H and O–H groups in total. The first-order valence-electron chi connectivity index (χ1n) is 8.50. The number of nitrogens with zero attached hydrogens (tertiary/aromatic N) is 2. The van der Waals surface area contributed by atoms with E-state index in [4.69, 9.17) is 4.99 Å². The van der Waals surface area contributed by atoms with E-state index in [0.29, 0.717) is 5.41 Å². The van der Waals surface area contributed by atoms with Crippen molar-refractivity contribution in [3.05, 3.63) is 0 Å². The van der Waals surface area contributed by atoms with Crippen LogP contribution in [0, 0.1) is 5.41 Å². The summed E-state index contributed by atoms with van der Waals surface area (Å²) >= 11 is 1.98. The summed E-state index contributed by atoms with van der Waals surface area (Å²) in [6, 6.07) is 0. The molecule has 4 heteroatoms. The molecule has 0 amide bonds. The van der Waals surface area contributed by atoms with E-state index in [1.54, 1.807) is 0 Å². The van der Waals surface area contributed by atoms with Crippen molar-refractivity contribution in [2.24, 2.45) is 10.4 Å². The van der Waals surface area contributed by atoms with Gasteiger partial charge in [0, 0.05) is 25.4 Å². The van der Waals surface area contributed by atoms with Gasteiger partial charge in [0.15, 0.2) is 5.17 Å². The van der Waals surface area contributed by atoms with Gasteiger partial charge in [-0.2, -0.15) is 0 Å². The van der Waals surface area contributed by atoms with Crippen molar-refractivity contribution in [2.75, 3.05) is 38.5 Å². The minimum absolute atomic E-state index is 0.557. The van der Waals surface area contributed by atoms with E-state index in [0.717, 1.165) is 13.1 Å². The van der Waals surface area contributed by atoms with Crippen LogP contribution in [0.15, 0.2) is 4.99 Å². The molecule has 0 aromatic heterocycles. The Balaban J connectivity index is 1.38. The summed E-state index contributed by atoms with van der Waals surface area (Å²) in [5, 5.41) is 4.77. The van der Waals surface area contributed by atoms with Gasteiger partial charge in [0.25, 0.3) is 0 Å². The minimum Gasteiger partial charge on any atom is -0.364 e. The number of nitrogens with one attached hydrogen (secondary N) is 1. The number of hydrogen-bond donors (Lipinski definition) is 1. The molecule has 1 spiro atoms. The van der Waals surface area contributed by atoms with E-state index >= 15 is 0 Å². The summed E-state index contributed by atoms with van der Waals surface area (Å²) in [7, 11) is 0. The molecule has 0 bridgehead atoms. The van der Waals surface area contributed by atoms with Crippen molar-refractivity contribution >= 4 is 16.9 Å².